The van der Waals surface area contributed by atoms with Crippen LogP contribution >= 0.6 is 0 Å². The van der Waals surface area contributed by atoms with Crippen molar-refractivity contribution in [1.29, 1.82) is 0 Å². The Labute approximate surface area is 267 Å². The zero-order valence-corrected chi connectivity index (χ0v) is 28.1. The summed E-state index contributed by atoms with van der Waals surface area (Å²) in [6.45, 7) is 6.11. The van der Waals surface area contributed by atoms with E-state index in [1.807, 2.05) is 0 Å². The van der Waals surface area contributed by atoms with Gasteiger partial charge in [-0.1, -0.05) is 116 Å². The van der Waals surface area contributed by atoms with Crippen molar-refractivity contribution in [2.75, 3.05) is 13.2 Å². The van der Waals surface area contributed by atoms with Crippen LogP contribution < -0.4 is 0 Å². The van der Waals surface area contributed by atoms with Gasteiger partial charge < -0.3 is 24.8 Å². The number of ketones is 1. The van der Waals surface area contributed by atoms with Gasteiger partial charge in [-0.05, 0) is 37.5 Å². The van der Waals surface area contributed by atoms with E-state index in [2.05, 4.69) is 20.8 Å². The number of Topliss-reactive ketones (excluding diaryl/α,β-unsaturated/α-hetero) is 1. The van der Waals surface area contributed by atoms with Crippen molar-refractivity contribution in [2.24, 2.45) is 17.8 Å². The van der Waals surface area contributed by atoms with Gasteiger partial charge in [-0.25, -0.2) is 0 Å². The second-order valence-electron chi connectivity index (χ2n) is 13.0. The van der Waals surface area contributed by atoms with Crippen LogP contribution in [0.25, 0.3) is 0 Å². The lowest BCUT2D eigenvalue weighted by Gasteiger charge is -2.19. The number of unbranched alkanes of at least 4 members (excludes halogenated alkanes) is 10. The first-order chi connectivity index (χ1) is 21.2. The molecule has 256 valence electrons. The Hall–Kier alpha value is -1.77. The maximum Gasteiger partial charge on any atom is 0.306 e. The summed E-state index contributed by atoms with van der Waals surface area (Å²) < 4.78 is 10.5. The summed E-state index contributed by atoms with van der Waals surface area (Å²) in [5.74, 6) is -0.397. The minimum atomic E-state index is -0.853. The monoisotopic (exact) mass is 624 g/mol. The summed E-state index contributed by atoms with van der Waals surface area (Å²) >= 11 is 0. The number of allylic oxidation sites excluding steroid dienone is 1. The highest BCUT2D eigenvalue weighted by atomic mass is 16.6. The molecule has 0 aromatic carbocycles. The number of aliphatic hydroxyl groups is 3. The summed E-state index contributed by atoms with van der Waals surface area (Å²) in [7, 11) is 0. The van der Waals surface area contributed by atoms with Crippen LogP contribution in [0, 0.1) is 17.8 Å². The largest absolute Gasteiger partial charge is 0.462 e. The zero-order chi connectivity index (χ0) is 32.6. The van der Waals surface area contributed by atoms with Crippen LogP contribution in [-0.4, -0.2) is 64.6 Å². The Balaban J connectivity index is 2.17. The van der Waals surface area contributed by atoms with Gasteiger partial charge >= 0.3 is 11.9 Å². The minimum Gasteiger partial charge on any atom is -0.462 e. The lowest BCUT2D eigenvalue weighted by Crippen LogP contribution is -2.28. The number of hydrogen-bond donors (Lipinski definition) is 3. The van der Waals surface area contributed by atoms with Crippen molar-refractivity contribution < 1.29 is 39.2 Å². The van der Waals surface area contributed by atoms with Crippen molar-refractivity contribution >= 4 is 17.7 Å². The van der Waals surface area contributed by atoms with E-state index in [-0.39, 0.29) is 43.0 Å². The van der Waals surface area contributed by atoms with Crippen molar-refractivity contribution in [3.63, 3.8) is 0 Å². The molecular weight excluding hydrogens is 560 g/mol. The highest BCUT2D eigenvalue weighted by Gasteiger charge is 2.39. The number of rotatable bonds is 27. The lowest BCUT2D eigenvalue weighted by molar-refractivity contribution is -0.161. The third-order valence-electron chi connectivity index (χ3n) is 9.01. The molecule has 0 aliphatic heterocycles. The van der Waals surface area contributed by atoms with Crippen LogP contribution in [0.4, 0.5) is 0 Å². The zero-order valence-electron chi connectivity index (χ0n) is 28.1. The van der Waals surface area contributed by atoms with Gasteiger partial charge in [-0.3, -0.25) is 14.4 Å². The Morgan fingerprint density at radius 1 is 0.886 bits per heavy atom. The van der Waals surface area contributed by atoms with Gasteiger partial charge in [-0.15, -0.1) is 0 Å². The van der Waals surface area contributed by atoms with E-state index in [0.717, 1.165) is 63.7 Å². The van der Waals surface area contributed by atoms with E-state index in [1.165, 1.54) is 32.1 Å². The number of carbonyl (C=O) groups is 3. The van der Waals surface area contributed by atoms with Gasteiger partial charge in [0.15, 0.2) is 6.10 Å². The standard InChI is InChI=1S/C36H64O8/c1-4-6-13-19-29(38)23-24-32-31(33(39)25-34(32)40)20-15-11-12-17-22-36(42)44-30(26-37)27-43-35(41)21-16-10-8-7-9-14-18-28(3)5-2/h23-24,28-33,37-39H,4-22,25-27H2,1-3H3/b24-23+/t28?,29-,30-,31+,32+,33-/m0/s1. The maximum atomic E-state index is 12.4. The summed E-state index contributed by atoms with van der Waals surface area (Å²) in [5.41, 5.74) is 0. The number of hydrogen-bond acceptors (Lipinski definition) is 8. The van der Waals surface area contributed by atoms with Gasteiger partial charge in [0, 0.05) is 25.2 Å². The molecule has 0 saturated heterocycles. The van der Waals surface area contributed by atoms with Crippen LogP contribution in [0.2, 0.25) is 0 Å². The fourth-order valence-corrected chi connectivity index (χ4v) is 5.84. The molecule has 0 heterocycles. The second kappa shape index (κ2) is 25.4. The average molecular weight is 625 g/mol. The highest BCUT2D eigenvalue weighted by Crippen LogP contribution is 2.34. The molecule has 44 heavy (non-hydrogen) atoms. The topological polar surface area (TPSA) is 130 Å². The van der Waals surface area contributed by atoms with Crippen molar-refractivity contribution in [2.45, 2.75) is 167 Å². The lowest BCUT2D eigenvalue weighted by atomic mass is 9.88. The minimum absolute atomic E-state index is 0.0320. The van der Waals surface area contributed by atoms with Gasteiger partial charge in [0.25, 0.3) is 0 Å². The fourth-order valence-electron chi connectivity index (χ4n) is 5.84. The first kappa shape index (κ1) is 40.3. The summed E-state index contributed by atoms with van der Waals surface area (Å²) in [6.07, 6.45) is 19.0. The summed E-state index contributed by atoms with van der Waals surface area (Å²) in [6, 6.07) is 0. The third-order valence-corrected chi connectivity index (χ3v) is 9.01. The molecule has 0 radical (unpaired) electrons. The Morgan fingerprint density at radius 3 is 2.16 bits per heavy atom. The molecule has 0 aromatic heterocycles. The molecule has 0 spiro atoms. The number of esters is 2. The molecule has 8 heteroatoms. The molecule has 1 unspecified atom stereocenters. The first-order valence-corrected chi connectivity index (χ1v) is 17.7. The van der Waals surface area contributed by atoms with Gasteiger partial charge in [0.1, 0.15) is 12.4 Å². The molecule has 1 aliphatic rings. The normalized spacial score (nSPS) is 20.6. The molecule has 1 aliphatic carbocycles. The van der Waals surface area contributed by atoms with Crippen LogP contribution in [-0.2, 0) is 23.9 Å². The Kier molecular flexibility index (Phi) is 23.3. The first-order valence-electron chi connectivity index (χ1n) is 17.7. The fraction of sp³-hybridized carbons (Fsp3) is 0.861. The van der Waals surface area contributed by atoms with Crippen LogP contribution in [0.15, 0.2) is 12.2 Å². The van der Waals surface area contributed by atoms with Gasteiger partial charge in [-0.2, -0.15) is 0 Å². The average Bonchev–Trinajstić information content (AvgIpc) is 3.28. The third kappa shape index (κ3) is 18.9. The Morgan fingerprint density at radius 2 is 1.50 bits per heavy atom. The highest BCUT2D eigenvalue weighted by molar-refractivity contribution is 5.86. The van der Waals surface area contributed by atoms with E-state index >= 15 is 0 Å². The molecule has 0 amide bonds. The van der Waals surface area contributed by atoms with E-state index < -0.39 is 30.9 Å². The Bertz CT molecular complexity index is 797. The molecule has 6 atom stereocenters. The molecule has 1 rings (SSSR count). The van der Waals surface area contributed by atoms with Crippen LogP contribution in [0.1, 0.15) is 149 Å². The van der Waals surface area contributed by atoms with E-state index in [0.29, 0.717) is 25.7 Å². The molecule has 1 saturated carbocycles. The van der Waals surface area contributed by atoms with Crippen LogP contribution in [0.3, 0.4) is 0 Å². The van der Waals surface area contributed by atoms with Crippen LogP contribution in [0.5, 0.6) is 0 Å². The van der Waals surface area contributed by atoms with Gasteiger partial charge in [0.05, 0.1) is 18.8 Å². The SMILES string of the molecule is CCCCC[C@H](O)/C=C/[C@H]1C(=O)C[C@H](O)[C@@H]1CCCCCCC(=O)O[C@@H](CO)COC(=O)CCCCCCCCC(C)CC. The molecular formula is C36H64O8. The molecule has 1 fully saturated rings. The smallest absolute Gasteiger partial charge is 0.306 e. The second-order valence-corrected chi connectivity index (χ2v) is 13.0. The molecule has 0 bridgehead atoms. The van der Waals surface area contributed by atoms with Crippen molar-refractivity contribution in [3.05, 3.63) is 12.2 Å². The number of carbonyl (C=O) groups excluding carboxylic acids is 3. The molecule has 3 N–H and O–H groups in total. The summed E-state index contributed by atoms with van der Waals surface area (Å²) in [5, 5.41) is 30.1. The number of aliphatic hydroxyl groups excluding tert-OH is 3. The maximum absolute atomic E-state index is 12.4. The van der Waals surface area contributed by atoms with Crippen molar-refractivity contribution in [3.8, 4) is 0 Å². The van der Waals surface area contributed by atoms with E-state index in [9.17, 15) is 29.7 Å². The predicted molar refractivity (Wildman–Crippen MR) is 174 cm³/mol. The van der Waals surface area contributed by atoms with Gasteiger partial charge in [0.2, 0.25) is 0 Å². The molecule has 0 aromatic rings. The quantitative estimate of drug-likeness (QED) is 0.0506. The number of ether oxygens (including phenoxy) is 2. The van der Waals surface area contributed by atoms with E-state index in [4.69, 9.17) is 9.47 Å². The predicted octanol–water partition coefficient (Wildman–Crippen LogP) is 7.00. The summed E-state index contributed by atoms with van der Waals surface area (Å²) in [4.78, 5) is 36.7. The van der Waals surface area contributed by atoms with E-state index in [1.54, 1.807) is 12.2 Å². The van der Waals surface area contributed by atoms with Crippen molar-refractivity contribution in [1.82, 2.24) is 0 Å². The molecule has 8 nitrogen and oxygen atoms in total.